The minimum Gasteiger partial charge on any atom is -0.396 e. The first-order valence-electron chi connectivity index (χ1n) is 5.44. The third-order valence-corrected chi connectivity index (χ3v) is 2.66. The molecule has 1 rings (SSSR count). The second-order valence-electron chi connectivity index (χ2n) is 4.08. The predicted octanol–water partition coefficient (Wildman–Crippen LogP) is -0.332. The number of piperazine rings is 1. The Bertz CT molecular complexity index is 201. The number of hydrogen-bond donors (Lipinski definition) is 1. The topological polar surface area (TPSA) is 47.0 Å². The average Bonchev–Trinajstić information content (AvgIpc) is 2.26. The Morgan fingerprint density at radius 2 is 1.87 bits per heavy atom. The van der Waals surface area contributed by atoms with Gasteiger partial charge in [-0.3, -0.25) is 4.90 Å². The molecule has 0 aromatic rings. The molecule has 1 heterocycles. The molecule has 0 saturated carbocycles. The number of carbonyl (C=O) groups excluding carboxylic acids is 1. The van der Waals surface area contributed by atoms with Crippen LogP contribution in [0.15, 0.2) is 0 Å². The van der Waals surface area contributed by atoms with E-state index in [4.69, 9.17) is 5.11 Å². The van der Waals surface area contributed by atoms with E-state index >= 15 is 0 Å². The number of urea groups is 1. The summed E-state index contributed by atoms with van der Waals surface area (Å²) in [5, 5.41) is 8.71. The van der Waals surface area contributed by atoms with Crippen LogP contribution in [0, 0.1) is 0 Å². The summed E-state index contributed by atoms with van der Waals surface area (Å²) in [5.74, 6) is 0. The fraction of sp³-hybridized carbons (Fsp3) is 0.900. The fourth-order valence-corrected chi connectivity index (χ4v) is 1.74. The molecule has 5 heteroatoms. The second-order valence-corrected chi connectivity index (χ2v) is 4.08. The van der Waals surface area contributed by atoms with E-state index in [1.165, 1.54) is 0 Å². The van der Waals surface area contributed by atoms with Gasteiger partial charge < -0.3 is 14.9 Å². The van der Waals surface area contributed by atoms with E-state index in [1.807, 2.05) is 4.90 Å². The molecule has 1 aliphatic heterocycles. The smallest absolute Gasteiger partial charge is 0.319 e. The highest BCUT2D eigenvalue weighted by Gasteiger charge is 2.21. The Morgan fingerprint density at radius 1 is 1.27 bits per heavy atom. The minimum absolute atomic E-state index is 0.0943. The number of rotatable bonds is 3. The van der Waals surface area contributed by atoms with Gasteiger partial charge in [0, 0.05) is 53.4 Å². The lowest BCUT2D eigenvalue weighted by Gasteiger charge is -2.35. The quantitative estimate of drug-likeness (QED) is 0.701. The van der Waals surface area contributed by atoms with Crippen molar-refractivity contribution in [1.82, 2.24) is 14.7 Å². The lowest BCUT2D eigenvalue weighted by Crippen LogP contribution is -2.51. The van der Waals surface area contributed by atoms with Crippen LogP contribution < -0.4 is 0 Å². The Kier molecular flexibility index (Phi) is 4.84. The monoisotopic (exact) mass is 215 g/mol. The van der Waals surface area contributed by atoms with Gasteiger partial charge in [0.15, 0.2) is 0 Å². The van der Waals surface area contributed by atoms with E-state index in [0.717, 1.165) is 39.1 Å². The molecule has 88 valence electrons. The van der Waals surface area contributed by atoms with E-state index in [2.05, 4.69) is 4.90 Å². The molecule has 0 atom stereocenters. The summed E-state index contributed by atoms with van der Waals surface area (Å²) in [5.41, 5.74) is 0. The minimum atomic E-state index is 0.0943. The second kappa shape index (κ2) is 5.92. The zero-order valence-corrected chi connectivity index (χ0v) is 9.65. The van der Waals surface area contributed by atoms with E-state index in [-0.39, 0.29) is 12.6 Å². The largest absolute Gasteiger partial charge is 0.396 e. The van der Waals surface area contributed by atoms with Gasteiger partial charge in [-0.1, -0.05) is 0 Å². The Labute approximate surface area is 91.3 Å². The molecule has 0 radical (unpaired) electrons. The molecule has 0 bridgehead atoms. The summed E-state index contributed by atoms with van der Waals surface area (Å²) >= 11 is 0. The highest BCUT2D eigenvalue weighted by atomic mass is 16.3. The molecule has 15 heavy (non-hydrogen) atoms. The summed E-state index contributed by atoms with van der Waals surface area (Å²) in [6, 6.07) is 0.0943. The van der Waals surface area contributed by atoms with Crippen LogP contribution in [0.25, 0.3) is 0 Å². The van der Waals surface area contributed by atoms with Crippen molar-refractivity contribution >= 4 is 6.03 Å². The summed E-state index contributed by atoms with van der Waals surface area (Å²) in [6.07, 6.45) is 0.821. The molecule has 0 unspecified atom stereocenters. The summed E-state index contributed by atoms with van der Waals surface area (Å²) in [4.78, 5) is 17.4. The lowest BCUT2D eigenvalue weighted by atomic mass is 10.3. The van der Waals surface area contributed by atoms with Crippen LogP contribution in [-0.2, 0) is 0 Å². The maximum atomic E-state index is 11.6. The first-order valence-corrected chi connectivity index (χ1v) is 5.44. The molecule has 5 nitrogen and oxygen atoms in total. The molecule has 1 fully saturated rings. The molecular weight excluding hydrogens is 194 g/mol. The summed E-state index contributed by atoms with van der Waals surface area (Å²) in [7, 11) is 3.56. The van der Waals surface area contributed by atoms with Crippen LogP contribution in [0.5, 0.6) is 0 Å². The average molecular weight is 215 g/mol. The van der Waals surface area contributed by atoms with Gasteiger partial charge in [-0.05, 0) is 6.42 Å². The lowest BCUT2D eigenvalue weighted by molar-refractivity contribution is 0.118. The van der Waals surface area contributed by atoms with Crippen molar-refractivity contribution < 1.29 is 9.90 Å². The van der Waals surface area contributed by atoms with E-state index in [1.54, 1.807) is 19.0 Å². The fourth-order valence-electron chi connectivity index (χ4n) is 1.74. The predicted molar refractivity (Wildman–Crippen MR) is 58.8 cm³/mol. The van der Waals surface area contributed by atoms with Gasteiger partial charge >= 0.3 is 6.03 Å². The molecule has 0 aliphatic carbocycles. The van der Waals surface area contributed by atoms with Crippen molar-refractivity contribution in [2.45, 2.75) is 6.42 Å². The van der Waals surface area contributed by atoms with Crippen LogP contribution in [-0.4, -0.2) is 79.3 Å². The van der Waals surface area contributed by atoms with E-state index in [9.17, 15) is 4.79 Å². The van der Waals surface area contributed by atoms with Crippen molar-refractivity contribution in [3.8, 4) is 0 Å². The normalized spacial score (nSPS) is 17.9. The molecule has 1 aliphatic rings. The molecule has 0 aromatic heterocycles. The zero-order chi connectivity index (χ0) is 11.3. The van der Waals surface area contributed by atoms with Crippen molar-refractivity contribution in [1.29, 1.82) is 0 Å². The van der Waals surface area contributed by atoms with Gasteiger partial charge in [0.05, 0.1) is 0 Å². The SMILES string of the molecule is CN(C)C(=O)N1CCN(CCCO)CC1. The number of carbonyl (C=O) groups is 1. The van der Waals surface area contributed by atoms with Gasteiger partial charge in [0.25, 0.3) is 0 Å². The van der Waals surface area contributed by atoms with Gasteiger partial charge in [-0.25, -0.2) is 4.79 Å². The molecule has 1 saturated heterocycles. The Hall–Kier alpha value is -0.810. The number of aliphatic hydroxyl groups excluding tert-OH is 1. The first kappa shape index (κ1) is 12.3. The summed E-state index contributed by atoms with van der Waals surface area (Å²) < 4.78 is 0. The third-order valence-electron chi connectivity index (χ3n) is 2.66. The highest BCUT2D eigenvalue weighted by Crippen LogP contribution is 2.04. The van der Waals surface area contributed by atoms with Gasteiger partial charge in [0.1, 0.15) is 0 Å². The van der Waals surface area contributed by atoms with Gasteiger partial charge in [-0.15, -0.1) is 0 Å². The van der Waals surface area contributed by atoms with Crippen molar-refractivity contribution in [2.75, 3.05) is 53.4 Å². The van der Waals surface area contributed by atoms with Crippen LogP contribution in [0.4, 0.5) is 4.79 Å². The van der Waals surface area contributed by atoms with Crippen LogP contribution in [0.2, 0.25) is 0 Å². The molecule has 1 N–H and O–H groups in total. The third kappa shape index (κ3) is 3.68. The molecule has 0 aromatic carbocycles. The number of hydrogen-bond acceptors (Lipinski definition) is 3. The number of nitrogens with zero attached hydrogens (tertiary/aromatic N) is 3. The molecule has 0 spiro atoms. The maximum Gasteiger partial charge on any atom is 0.319 e. The highest BCUT2D eigenvalue weighted by molar-refractivity contribution is 5.73. The standard InChI is InChI=1S/C10H21N3O2/c1-11(2)10(15)13-7-5-12(6-8-13)4-3-9-14/h14H,3-9H2,1-2H3. The van der Waals surface area contributed by atoms with Gasteiger partial charge in [0.2, 0.25) is 0 Å². The first-order chi connectivity index (χ1) is 7.15. The Balaban J connectivity index is 2.26. The van der Waals surface area contributed by atoms with Crippen LogP contribution in [0.3, 0.4) is 0 Å². The van der Waals surface area contributed by atoms with Crippen molar-refractivity contribution in [2.24, 2.45) is 0 Å². The van der Waals surface area contributed by atoms with Gasteiger partial charge in [-0.2, -0.15) is 0 Å². The molecule has 2 amide bonds. The zero-order valence-electron chi connectivity index (χ0n) is 9.65. The van der Waals surface area contributed by atoms with Crippen molar-refractivity contribution in [3.05, 3.63) is 0 Å². The van der Waals surface area contributed by atoms with E-state index in [0.29, 0.717) is 0 Å². The molecular formula is C10H21N3O2. The Morgan fingerprint density at radius 3 is 2.33 bits per heavy atom. The summed E-state index contributed by atoms with van der Waals surface area (Å²) in [6.45, 7) is 4.60. The maximum absolute atomic E-state index is 11.6. The van der Waals surface area contributed by atoms with Crippen molar-refractivity contribution in [3.63, 3.8) is 0 Å². The number of aliphatic hydroxyl groups is 1. The van der Waals surface area contributed by atoms with E-state index < -0.39 is 0 Å². The van der Waals surface area contributed by atoms with Crippen LogP contribution >= 0.6 is 0 Å². The number of amides is 2. The van der Waals surface area contributed by atoms with Crippen LogP contribution in [0.1, 0.15) is 6.42 Å².